The molecule has 0 saturated heterocycles. The molecule has 0 fully saturated rings. The maximum Gasteiger partial charge on any atom is 0.144 e. The Morgan fingerprint density at radius 1 is 1.19 bits per heavy atom. The summed E-state index contributed by atoms with van der Waals surface area (Å²) in [6.07, 6.45) is 1.48. The molecule has 0 saturated carbocycles. The van der Waals surface area contributed by atoms with E-state index in [0.29, 0.717) is 5.82 Å². The Balaban J connectivity index is 2.16. The van der Waals surface area contributed by atoms with Crippen molar-refractivity contribution in [3.63, 3.8) is 0 Å². The molecule has 2 aromatic rings. The van der Waals surface area contributed by atoms with Crippen molar-refractivity contribution < 1.29 is 0 Å². The number of nitrogens with zero attached hydrogens (tertiary/aromatic N) is 2. The minimum Gasteiger partial charge on any atom is -0.308 e. The standard InChI is InChI=1S/C10H9BrN4S/c11-7-1-3-8(4-2-7)16-10-5-9(15-12)13-6-14-10/h1-6H,12H2,(H,13,14,15). The quantitative estimate of drug-likeness (QED) is 0.518. The molecule has 4 nitrogen and oxygen atoms in total. The van der Waals surface area contributed by atoms with Gasteiger partial charge in [-0.15, -0.1) is 0 Å². The van der Waals surface area contributed by atoms with Gasteiger partial charge in [0.15, 0.2) is 0 Å². The number of rotatable bonds is 3. The maximum absolute atomic E-state index is 5.28. The fraction of sp³-hybridized carbons (Fsp3) is 0. The van der Waals surface area contributed by atoms with Crippen LogP contribution in [0.1, 0.15) is 0 Å². The van der Waals surface area contributed by atoms with Crippen molar-refractivity contribution in [1.82, 2.24) is 9.97 Å². The molecule has 1 aromatic heterocycles. The Morgan fingerprint density at radius 3 is 2.62 bits per heavy atom. The lowest BCUT2D eigenvalue weighted by atomic mass is 10.4. The molecule has 0 atom stereocenters. The summed E-state index contributed by atoms with van der Waals surface area (Å²) in [5.41, 5.74) is 2.49. The Labute approximate surface area is 106 Å². The van der Waals surface area contributed by atoms with E-state index in [0.717, 1.165) is 14.4 Å². The molecule has 0 spiro atoms. The number of nitrogens with two attached hydrogens (primary N) is 1. The third-order valence-electron chi connectivity index (χ3n) is 1.83. The van der Waals surface area contributed by atoms with Crippen LogP contribution in [-0.2, 0) is 0 Å². The largest absolute Gasteiger partial charge is 0.308 e. The Hall–Kier alpha value is -1.11. The third-order valence-corrected chi connectivity index (χ3v) is 3.29. The van der Waals surface area contributed by atoms with Gasteiger partial charge in [-0.1, -0.05) is 27.7 Å². The first-order valence-corrected chi connectivity index (χ1v) is 6.11. The molecular weight excluding hydrogens is 288 g/mol. The highest BCUT2D eigenvalue weighted by molar-refractivity contribution is 9.10. The number of aromatic nitrogens is 2. The molecule has 1 aromatic carbocycles. The second kappa shape index (κ2) is 5.29. The second-order valence-electron chi connectivity index (χ2n) is 2.94. The first-order valence-electron chi connectivity index (χ1n) is 4.50. The average Bonchev–Trinajstić information content (AvgIpc) is 2.32. The lowest BCUT2D eigenvalue weighted by molar-refractivity contribution is 1.04. The van der Waals surface area contributed by atoms with Crippen LogP contribution in [0.15, 0.2) is 51.1 Å². The van der Waals surface area contributed by atoms with Crippen LogP contribution in [0.25, 0.3) is 0 Å². The fourth-order valence-corrected chi connectivity index (χ4v) is 2.15. The van der Waals surface area contributed by atoms with E-state index >= 15 is 0 Å². The molecule has 0 unspecified atom stereocenters. The van der Waals surface area contributed by atoms with Crippen LogP contribution < -0.4 is 11.3 Å². The predicted octanol–water partition coefficient (Wildman–Crippen LogP) is 2.68. The van der Waals surface area contributed by atoms with Crippen LogP contribution in [0.5, 0.6) is 0 Å². The highest BCUT2D eigenvalue weighted by Crippen LogP contribution is 2.27. The van der Waals surface area contributed by atoms with Crippen LogP contribution in [-0.4, -0.2) is 9.97 Å². The van der Waals surface area contributed by atoms with Gasteiger partial charge in [-0.3, -0.25) is 0 Å². The number of hydrogen-bond donors (Lipinski definition) is 2. The summed E-state index contributed by atoms with van der Waals surface area (Å²) in [5.74, 6) is 5.88. The van der Waals surface area contributed by atoms with E-state index in [9.17, 15) is 0 Å². The van der Waals surface area contributed by atoms with Gasteiger partial charge in [0.25, 0.3) is 0 Å². The van der Waals surface area contributed by atoms with E-state index in [4.69, 9.17) is 5.84 Å². The Morgan fingerprint density at radius 2 is 1.94 bits per heavy atom. The zero-order valence-electron chi connectivity index (χ0n) is 8.22. The highest BCUT2D eigenvalue weighted by Gasteiger charge is 2.00. The number of benzene rings is 1. The van der Waals surface area contributed by atoms with E-state index in [1.54, 1.807) is 17.8 Å². The Bertz CT molecular complexity index is 475. The van der Waals surface area contributed by atoms with Gasteiger partial charge in [0.05, 0.1) is 0 Å². The molecule has 0 radical (unpaired) electrons. The van der Waals surface area contributed by atoms with Crippen LogP contribution in [0.4, 0.5) is 5.82 Å². The summed E-state index contributed by atoms with van der Waals surface area (Å²) in [4.78, 5) is 9.21. The summed E-state index contributed by atoms with van der Waals surface area (Å²) < 4.78 is 1.06. The smallest absolute Gasteiger partial charge is 0.144 e. The van der Waals surface area contributed by atoms with E-state index in [-0.39, 0.29) is 0 Å². The van der Waals surface area contributed by atoms with Gasteiger partial charge in [0, 0.05) is 15.4 Å². The number of halogens is 1. The van der Waals surface area contributed by atoms with E-state index in [1.807, 2.05) is 24.3 Å². The topological polar surface area (TPSA) is 63.8 Å². The fourth-order valence-electron chi connectivity index (χ4n) is 1.10. The van der Waals surface area contributed by atoms with E-state index in [2.05, 4.69) is 31.3 Å². The molecule has 0 aliphatic heterocycles. The number of nitrogens with one attached hydrogen (secondary N) is 1. The van der Waals surface area contributed by atoms with Crippen LogP contribution in [0, 0.1) is 0 Å². The highest BCUT2D eigenvalue weighted by atomic mass is 79.9. The second-order valence-corrected chi connectivity index (χ2v) is 4.95. The molecule has 3 N–H and O–H groups in total. The minimum atomic E-state index is 0.606. The van der Waals surface area contributed by atoms with Crippen LogP contribution in [0.3, 0.4) is 0 Å². The number of hydrogen-bond acceptors (Lipinski definition) is 5. The van der Waals surface area contributed by atoms with Gasteiger partial charge in [0.1, 0.15) is 17.2 Å². The summed E-state index contributed by atoms with van der Waals surface area (Å²) in [6, 6.07) is 9.82. The van der Waals surface area contributed by atoms with Crippen molar-refractivity contribution in [2.75, 3.05) is 5.43 Å². The van der Waals surface area contributed by atoms with E-state index in [1.165, 1.54) is 6.33 Å². The first kappa shape index (κ1) is 11.4. The number of nitrogen functional groups attached to an aromatic ring is 1. The maximum atomic E-state index is 5.28. The molecule has 0 bridgehead atoms. The molecular formula is C10H9BrN4S. The summed E-state index contributed by atoms with van der Waals surface area (Å²) in [6.45, 7) is 0. The van der Waals surface area contributed by atoms with Crippen molar-refractivity contribution in [1.29, 1.82) is 0 Å². The predicted molar refractivity (Wildman–Crippen MR) is 68.1 cm³/mol. The molecule has 1 heterocycles. The molecule has 6 heteroatoms. The molecule has 82 valence electrons. The van der Waals surface area contributed by atoms with Gasteiger partial charge in [-0.2, -0.15) is 0 Å². The third kappa shape index (κ3) is 2.94. The Kier molecular flexibility index (Phi) is 3.76. The van der Waals surface area contributed by atoms with Crippen LogP contribution >= 0.6 is 27.7 Å². The van der Waals surface area contributed by atoms with Gasteiger partial charge in [-0.25, -0.2) is 15.8 Å². The summed E-state index contributed by atoms with van der Waals surface area (Å²) >= 11 is 4.95. The normalized spacial score (nSPS) is 10.1. The summed E-state index contributed by atoms with van der Waals surface area (Å²) in [5, 5.41) is 0.852. The van der Waals surface area contributed by atoms with Gasteiger partial charge >= 0.3 is 0 Å². The minimum absolute atomic E-state index is 0.606. The molecule has 0 aliphatic rings. The van der Waals surface area contributed by atoms with Gasteiger partial charge in [-0.05, 0) is 24.3 Å². The molecule has 0 aliphatic carbocycles. The lowest BCUT2D eigenvalue weighted by Gasteiger charge is -2.02. The van der Waals surface area contributed by atoms with Crippen LogP contribution in [0.2, 0.25) is 0 Å². The average molecular weight is 297 g/mol. The van der Waals surface area contributed by atoms with Crippen molar-refractivity contribution in [2.24, 2.45) is 5.84 Å². The zero-order valence-corrected chi connectivity index (χ0v) is 10.6. The zero-order chi connectivity index (χ0) is 11.4. The van der Waals surface area contributed by atoms with Crippen molar-refractivity contribution in [2.45, 2.75) is 9.92 Å². The first-order chi connectivity index (χ1) is 7.78. The number of hydrazine groups is 1. The number of anilines is 1. The van der Waals surface area contributed by atoms with Gasteiger partial charge in [0.2, 0.25) is 0 Å². The van der Waals surface area contributed by atoms with Crippen molar-refractivity contribution in [3.8, 4) is 0 Å². The summed E-state index contributed by atoms with van der Waals surface area (Å²) in [7, 11) is 0. The van der Waals surface area contributed by atoms with Crippen molar-refractivity contribution >= 4 is 33.5 Å². The van der Waals surface area contributed by atoms with Gasteiger partial charge < -0.3 is 5.43 Å². The molecule has 2 rings (SSSR count). The molecule has 0 amide bonds. The molecule has 16 heavy (non-hydrogen) atoms. The van der Waals surface area contributed by atoms with E-state index < -0.39 is 0 Å². The lowest BCUT2D eigenvalue weighted by Crippen LogP contribution is -2.08. The van der Waals surface area contributed by atoms with Crippen molar-refractivity contribution in [3.05, 3.63) is 41.1 Å². The SMILES string of the molecule is NNc1cc(Sc2ccc(Br)cc2)ncn1. The monoisotopic (exact) mass is 296 g/mol.